The summed E-state index contributed by atoms with van der Waals surface area (Å²) >= 11 is 0. The van der Waals surface area contributed by atoms with E-state index in [1.807, 2.05) is 19.3 Å². The van der Waals surface area contributed by atoms with Crippen molar-refractivity contribution in [2.45, 2.75) is 64.0 Å². The summed E-state index contributed by atoms with van der Waals surface area (Å²) in [6, 6.07) is 4.08. The van der Waals surface area contributed by atoms with Gasteiger partial charge in [0.1, 0.15) is 6.10 Å². The number of aliphatic imine (C=N–C) groups is 1. The molecule has 6 nitrogen and oxygen atoms in total. The number of hydrogen-bond donors (Lipinski definition) is 1. The maximum atomic E-state index is 6.01. The molecule has 1 aliphatic heterocycles. The Labute approximate surface area is 169 Å². The Kier molecular flexibility index (Phi) is 8.40. The predicted molar refractivity (Wildman–Crippen MR) is 113 cm³/mol. The van der Waals surface area contributed by atoms with E-state index in [9.17, 15) is 0 Å². The molecule has 3 rings (SSSR count). The first kappa shape index (κ1) is 20.9. The van der Waals surface area contributed by atoms with Gasteiger partial charge in [0.15, 0.2) is 5.96 Å². The second-order valence-electron chi connectivity index (χ2n) is 8.05. The zero-order valence-corrected chi connectivity index (χ0v) is 17.5. The van der Waals surface area contributed by atoms with Gasteiger partial charge < -0.3 is 19.7 Å². The second kappa shape index (κ2) is 11.2. The molecule has 0 radical (unpaired) electrons. The highest BCUT2D eigenvalue weighted by atomic mass is 16.5. The number of pyridine rings is 1. The monoisotopic (exact) mass is 388 g/mol. The molecule has 1 N–H and O–H groups in total. The van der Waals surface area contributed by atoms with E-state index in [1.54, 1.807) is 0 Å². The minimum Gasteiger partial charge on any atom is -0.474 e. The van der Waals surface area contributed by atoms with Crippen molar-refractivity contribution < 1.29 is 9.47 Å². The Hall–Kier alpha value is -1.82. The van der Waals surface area contributed by atoms with E-state index in [0.29, 0.717) is 12.6 Å². The highest BCUT2D eigenvalue weighted by molar-refractivity contribution is 5.79. The fourth-order valence-electron chi connectivity index (χ4n) is 4.02. The van der Waals surface area contributed by atoms with E-state index in [1.165, 1.54) is 38.5 Å². The van der Waals surface area contributed by atoms with Gasteiger partial charge in [-0.2, -0.15) is 0 Å². The van der Waals surface area contributed by atoms with E-state index in [-0.39, 0.29) is 0 Å². The van der Waals surface area contributed by atoms with Gasteiger partial charge in [0.05, 0.1) is 0 Å². The minimum absolute atomic E-state index is 0.341. The third kappa shape index (κ3) is 6.66. The molecule has 2 fully saturated rings. The number of rotatable bonds is 7. The molecule has 1 saturated heterocycles. The summed E-state index contributed by atoms with van der Waals surface area (Å²) in [7, 11) is 3.95. The summed E-state index contributed by atoms with van der Waals surface area (Å²) in [4.78, 5) is 11.1. The first-order valence-electron chi connectivity index (χ1n) is 10.9. The van der Waals surface area contributed by atoms with E-state index in [4.69, 9.17) is 9.47 Å². The number of aromatic nitrogens is 1. The first-order valence-corrected chi connectivity index (χ1v) is 10.9. The third-order valence-electron chi connectivity index (χ3n) is 5.87. The molecular weight excluding hydrogens is 352 g/mol. The molecule has 0 aromatic carbocycles. The maximum Gasteiger partial charge on any atom is 0.213 e. The second-order valence-corrected chi connectivity index (χ2v) is 8.05. The van der Waals surface area contributed by atoms with Gasteiger partial charge in [-0.25, -0.2) is 4.98 Å². The lowest BCUT2D eigenvalue weighted by molar-refractivity contribution is 0.0625. The minimum atomic E-state index is 0.341. The highest BCUT2D eigenvalue weighted by Gasteiger charge is 2.16. The van der Waals surface area contributed by atoms with Gasteiger partial charge in [0, 0.05) is 52.7 Å². The smallest absolute Gasteiger partial charge is 0.213 e. The fourth-order valence-corrected chi connectivity index (χ4v) is 4.02. The van der Waals surface area contributed by atoms with Gasteiger partial charge in [-0.3, -0.25) is 4.99 Å². The van der Waals surface area contributed by atoms with Crippen LogP contribution in [0, 0.1) is 5.92 Å². The molecular formula is C22H36N4O2. The molecule has 1 saturated carbocycles. The van der Waals surface area contributed by atoms with Crippen molar-refractivity contribution in [3.05, 3.63) is 23.9 Å². The maximum absolute atomic E-state index is 6.01. The predicted octanol–water partition coefficient (Wildman–Crippen LogP) is 3.62. The van der Waals surface area contributed by atoms with Crippen LogP contribution in [0.25, 0.3) is 0 Å². The molecule has 1 aliphatic carbocycles. The Bertz CT molecular complexity index is 593. The van der Waals surface area contributed by atoms with Gasteiger partial charge in [-0.1, -0.05) is 12.5 Å². The number of nitrogens with zero attached hydrogens (tertiary/aromatic N) is 3. The van der Waals surface area contributed by atoms with Crippen molar-refractivity contribution in [1.82, 2.24) is 15.2 Å². The summed E-state index contributed by atoms with van der Waals surface area (Å²) < 4.78 is 11.5. The number of hydrogen-bond acceptors (Lipinski definition) is 4. The van der Waals surface area contributed by atoms with Crippen LogP contribution >= 0.6 is 0 Å². The van der Waals surface area contributed by atoms with Crippen LogP contribution in [0.2, 0.25) is 0 Å². The van der Waals surface area contributed by atoms with E-state index < -0.39 is 0 Å². The summed E-state index contributed by atoms with van der Waals surface area (Å²) in [6.07, 6.45) is 12.0. The van der Waals surface area contributed by atoms with Gasteiger partial charge in [-0.15, -0.1) is 0 Å². The molecule has 156 valence electrons. The summed E-state index contributed by atoms with van der Waals surface area (Å²) in [5, 5.41) is 3.44. The van der Waals surface area contributed by atoms with Crippen LogP contribution in [0.5, 0.6) is 5.88 Å². The van der Waals surface area contributed by atoms with Crippen LogP contribution < -0.4 is 10.1 Å². The molecule has 0 spiro atoms. The zero-order chi connectivity index (χ0) is 19.6. The van der Waals surface area contributed by atoms with E-state index in [2.05, 4.69) is 33.3 Å². The molecule has 0 unspecified atom stereocenters. The van der Waals surface area contributed by atoms with E-state index >= 15 is 0 Å². The number of nitrogens with one attached hydrogen (secondary N) is 1. The van der Waals surface area contributed by atoms with Crippen molar-refractivity contribution in [3.8, 4) is 5.88 Å². The van der Waals surface area contributed by atoms with Crippen LogP contribution in [-0.4, -0.2) is 55.8 Å². The lowest BCUT2D eigenvalue weighted by Gasteiger charge is -2.26. The van der Waals surface area contributed by atoms with Gasteiger partial charge in [0.25, 0.3) is 0 Å². The molecule has 2 heterocycles. The molecule has 0 atom stereocenters. The summed E-state index contributed by atoms with van der Waals surface area (Å²) in [5.74, 6) is 2.44. The van der Waals surface area contributed by atoms with Crippen LogP contribution in [0.15, 0.2) is 23.3 Å². The fraction of sp³-hybridized carbons (Fsp3) is 0.727. The normalized spacial score (nSPS) is 19.4. The standard InChI is InChI=1S/C22H36N4O2/c1-23-22(26(2)13-10-18-11-14-27-15-12-18)25-17-19-8-9-21(24-16-19)28-20-6-4-3-5-7-20/h8-9,16,18,20H,3-7,10-15,17H2,1-2H3,(H,23,25). The molecule has 1 aromatic heterocycles. The number of guanidine groups is 1. The molecule has 1 aromatic rings. The quantitative estimate of drug-likeness (QED) is 0.571. The van der Waals surface area contributed by atoms with Gasteiger partial charge in [0.2, 0.25) is 5.88 Å². The molecule has 6 heteroatoms. The van der Waals surface area contributed by atoms with Gasteiger partial charge >= 0.3 is 0 Å². The molecule has 0 bridgehead atoms. The average molecular weight is 389 g/mol. The Balaban J connectivity index is 1.41. The number of ether oxygens (including phenoxy) is 2. The zero-order valence-electron chi connectivity index (χ0n) is 17.5. The van der Waals surface area contributed by atoms with Crippen molar-refractivity contribution in [2.24, 2.45) is 10.9 Å². The van der Waals surface area contributed by atoms with Crippen LogP contribution in [0.3, 0.4) is 0 Å². The largest absolute Gasteiger partial charge is 0.474 e. The summed E-state index contributed by atoms with van der Waals surface area (Å²) in [5.41, 5.74) is 1.13. The molecule has 2 aliphatic rings. The third-order valence-corrected chi connectivity index (χ3v) is 5.87. The SMILES string of the molecule is CN=C(NCc1ccc(OC2CCCCC2)nc1)N(C)CCC1CCOCC1. The van der Waals surface area contributed by atoms with Crippen LogP contribution in [-0.2, 0) is 11.3 Å². The molecule has 0 amide bonds. The van der Waals surface area contributed by atoms with Crippen molar-refractivity contribution in [3.63, 3.8) is 0 Å². The van der Waals surface area contributed by atoms with Crippen molar-refractivity contribution in [2.75, 3.05) is 33.9 Å². The lowest BCUT2D eigenvalue weighted by atomic mass is 9.96. The summed E-state index contributed by atoms with van der Waals surface area (Å²) in [6.45, 7) is 3.55. The molecule has 28 heavy (non-hydrogen) atoms. The Morgan fingerprint density at radius 3 is 2.68 bits per heavy atom. The highest BCUT2D eigenvalue weighted by Crippen LogP contribution is 2.22. The van der Waals surface area contributed by atoms with Crippen molar-refractivity contribution in [1.29, 1.82) is 0 Å². The first-order chi connectivity index (χ1) is 13.7. The van der Waals surface area contributed by atoms with Gasteiger partial charge in [-0.05, 0) is 56.4 Å². The van der Waals surface area contributed by atoms with Crippen LogP contribution in [0.4, 0.5) is 0 Å². The van der Waals surface area contributed by atoms with E-state index in [0.717, 1.165) is 55.9 Å². The van der Waals surface area contributed by atoms with Crippen molar-refractivity contribution >= 4 is 5.96 Å². The Morgan fingerprint density at radius 1 is 1.21 bits per heavy atom. The Morgan fingerprint density at radius 2 is 2.00 bits per heavy atom. The average Bonchev–Trinajstić information content (AvgIpc) is 2.75. The van der Waals surface area contributed by atoms with Crippen LogP contribution in [0.1, 0.15) is 56.9 Å². The lowest BCUT2D eigenvalue weighted by Crippen LogP contribution is -2.39. The topological polar surface area (TPSA) is 59.0 Å².